The molecule has 0 radical (unpaired) electrons. The number of rotatable bonds is 5. The molecule has 0 amide bonds. The molecule has 4 rings (SSSR count). The van der Waals surface area contributed by atoms with Crippen LogP contribution in [0.1, 0.15) is 27.9 Å². The molecule has 3 aromatic rings. The first-order valence-electron chi connectivity index (χ1n) is 9.31. The van der Waals surface area contributed by atoms with E-state index in [0.717, 1.165) is 34.3 Å². The number of fused-ring (bicyclic) bond motifs is 1. The van der Waals surface area contributed by atoms with Crippen LogP contribution in [0.5, 0.6) is 11.5 Å². The first-order chi connectivity index (χ1) is 13.5. The summed E-state index contributed by atoms with van der Waals surface area (Å²) >= 11 is 0. The first kappa shape index (κ1) is 18.1. The fourth-order valence-electron chi connectivity index (χ4n) is 3.45. The Morgan fingerprint density at radius 2 is 1.64 bits per heavy atom. The van der Waals surface area contributed by atoms with Gasteiger partial charge in [0.1, 0.15) is 5.82 Å². The number of benzene rings is 2. The summed E-state index contributed by atoms with van der Waals surface area (Å²) in [5.74, 6) is 2.93. The molecule has 1 aromatic heterocycles. The highest BCUT2D eigenvalue weighted by molar-refractivity contribution is 5.64. The smallest absolute Gasteiger partial charge is 0.231 e. The van der Waals surface area contributed by atoms with Crippen molar-refractivity contribution < 1.29 is 9.47 Å². The molecule has 28 heavy (non-hydrogen) atoms. The van der Waals surface area contributed by atoms with Gasteiger partial charge in [-0.05, 0) is 56.5 Å². The third-order valence-corrected chi connectivity index (χ3v) is 4.68. The zero-order chi connectivity index (χ0) is 19.7. The van der Waals surface area contributed by atoms with Crippen LogP contribution >= 0.6 is 0 Å². The molecule has 1 aliphatic heterocycles. The van der Waals surface area contributed by atoms with Crippen molar-refractivity contribution >= 4 is 17.5 Å². The summed E-state index contributed by atoms with van der Waals surface area (Å²) in [6, 6.07) is 12.2. The lowest BCUT2D eigenvalue weighted by molar-refractivity contribution is 0.174. The minimum atomic E-state index is 0.282. The lowest BCUT2D eigenvalue weighted by Crippen LogP contribution is -2.07. The SMILES string of the molecule is Cc1cc(C)c(Nc2nc(C)cc(NCc3ccc4c(c3)OCO4)n2)c(C)c1. The van der Waals surface area contributed by atoms with Gasteiger partial charge in [0.15, 0.2) is 11.5 Å². The van der Waals surface area contributed by atoms with Gasteiger partial charge >= 0.3 is 0 Å². The van der Waals surface area contributed by atoms with Gasteiger partial charge in [0, 0.05) is 24.0 Å². The number of aromatic nitrogens is 2. The molecule has 0 unspecified atom stereocenters. The van der Waals surface area contributed by atoms with Crippen molar-refractivity contribution in [3.8, 4) is 11.5 Å². The predicted octanol–water partition coefficient (Wildman–Crippen LogP) is 4.79. The van der Waals surface area contributed by atoms with Crippen LogP contribution in [0.15, 0.2) is 36.4 Å². The van der Waals surface area contributed by atoms with Crippen LogP contribution in [-0.2, 0) is 6.54 Å². The van der Waals surface area contributed by atoms with Crippen molar-refractivity contribution in [2.45, 2.75) is 34.2 Å². The summed E-state index contributed by atoms with van der Waals surface area (Å²) in [5, 5.41) is 6.75. The van der Waals surface area contributed by atoms with Gasteiger partial charge in [-0.3, -0.25) is 0 Å². The molecule has 2 N–H and O–H groups in total. The number of ether oxygens (including phenoxy) is 2. The van der Waals surface area contributed by atoms with Crippen molar-refractivity contribution in [2.24, 2.45) is 0 Å². The maximum Gasteiger partial charge on any atom is 0.231 e. The Kier molecular flexibility index (Phi) is 4.77. The van der Waals surface area contributed by atoms with Crippen molar-refractivity contribution in [3.05, 3.63) is 64.3 Å². The van der Waals surface area contributed by atoms with Crippen LogP contribution in [0.4, 0.5) is 17.5 Å². The number of aryl methyl sites for hydroxylation is 4. The highest BCUT2D eigenvalue weighted by atomic mass is 16.7. The Labute approximate surface area is 164 Å². The zero-order valence-corrected chi connectivity index (χ0v) is 16.6. The zero-order valence-electron chi connectivity index (χ0n) is 16.6. The quantitative estimate of drug-likeness (QED) is 0.667. The number of nitrogens with zero attached hydrogens (tertiary/aromatic N) is 2. The van der Waals surface area contributed by atoms with Crippen molar-refractivity contribution in [3.63, 3.8) is 0 Å². The summed E-state index contributed by atoms with van der Waals surface area (Å²) in [5.41, 5.74) is 6.65. The van der Waals surface area contributed by atoms with Gasteiger partial charge in [-0.15, -0.1) is 0 Å². The highest BCUT2D eigenvalue weighted by Crippen LogP contribution is 2.32. The third-order valence-electron chi connectivity index (χ3n) is 4.68. The van der Waals surface area contributed by atoms with E-state index in [1.54, 1.807) is 0 Å². The predicted molar refractivity (Wildman–Crippen MR) is 111 cm³/mol. The fraction of sp³-hybridized carbons (Fsp3) is 0.273. The van der Waals surface area contributed by atoms with E-state index < -0.39 is 0 Å². The molecular weight excluding hydrogens is 352 g/mol. The van der Waals surface area contributed by atoms with E-state index in [1.165, 1.54) is 16.7 Å². The molecule has 0 spiro atoms. The minimum absolute atomic E-state index is 0.282. The average molecular weight is 376 g/mol. The van der Waals surface area contributed by atoms with Gasteiger partial charge in [0.25, 0.3) is 0 Å². The van der Waals surface area contributed by atoms with Gasteiger partial charge in [-0.1, -0.05) is 23.8 Å². The molecule has 0 atom stereocenters. The Morgan fingerprint density at radius 3 is 2.43 bits per heavy atom. The van der Waals surface area contributed by atoms with E-state index in [4.69, 9.17) is 9.47 Å². The lowest BCUT2D eigenvalue weighted by Gasteiger charge is -2.14. The summed E-state index contributed by atoms with van der Waals surface area (Å²) in [7, 11) is 0. The van der Waals surface area contributed by atoms with Gasteiger partial charge < -0.3 is 20.1 Å². The number of hydrogen-bond acceptors (Lipinski definition) is 6. The number of anilines is 3. The fourth-order valence-corrected chi connectivity index (χ4v) is 3.45. The lowest BCUT2D eigenvalue weighted by atomic mass is 10.1. The number of nitrogens with one attached hydrogen (secondary N) is 2. The molecular formula is C22H24N4O2. The molecule has 0 bridgehead atoms. The molecule has 2 heterocycles. The number of hydrogen-bond donors (Lipinski definition) is 2. The Balaban J connectivity index is 1.51. The molecule has 144 valence electrons. The molecule has 6 heteroatoms. The van der Waals surface area contributed by atoms with Crippen molar-refractivity contribution in [1.82, 2.24) is 9.97 Å². The second-order valence-corrected chi connectivity index (χ2v) is 7.16. The standard InChI is InChI=1S/C22H24N4O2/c1-13-7-14(2)21(15(3)8-13)26-22-24-16(4)9-20(25-22)23-11-17-5-6-18-19(10-17)28-12-27-18/h5-10H,11-12H2,1-4H3,(H2,23,24,25,26). The molecule has 0 fully saturated rings. The van der Waals surface area contributed by atoms with E-state index in [9.17, 15) is 0 Å². The average Bonchev–Trinajstić information content (AvgIpc) is 3.10. The maximum absolute atomic E-state index is 5.44. The van der Waals surface area contributed by atoms with E-state index in [0.29, 0.717) is 12.5 Å². The van der Waals surface area contributed by atoms with E-state index >= 15 is 0 Å². The van der Waals surface area contributed by atoms with Crippen LogP contribution < -0.4 is 20.1 Å². The van der Waals surface area contributed by atoms with Crippen LogP contribution in [0.2, 0.25) is 0 Å². The van der Waals surface area contributed by atoms with Crippen LogP contribution in [0.25, 0.3) is 0 Å². The highest BCUT2D eigenvalue weighted by Gasteiger charge is 2.13. The Hall–Kier alpha value is -3.28. The second-order valence-electron chi connectivity index (χ2n) is 7.16. The normalized spacial score (nSPS) is 12.1. The monoisotopic (exact) mass is 376 g/mol. The molecule has 0 aliphatic carbocycles. The molecule has 0 saturated heterocycles. The third kappa shape index (κ3) is 3.86. The summed E-state index contributed by atoms with van der Waals surface area (Å²) < 4.78 is 10.8. The van der Waals surface area contributed by atoms with Crippen molar-refractivity contribution in [2.75, 3.05) is 17.4 Å². The Bertz CT molecular complexity index is 1010. The summed E-state index contributed by atoms with van der Waals surface area (Å²) in [6.07, 6.45) is 0. The Morgan fingerprint density at radius 1 is 0.893 bits per heavy atom. The maximum atomic E-state index is 5.44. The second kappa shape index (κ2) is 7.38. The van der Waals surface area contributed by atoms with Crippen LogP contribution in [0.3, 0.4) is 0 Å². The first-order valence-corrected chi connectivity index (χ1v) is 9.31. The summed E-state index contributed by atoms with van der Waals surface area (Å²) in [4.78, 5) is 9.17. The molecule has 0 saturated carbocycles. The van der Waals surface area contributed by atoms with E-state index in [2.05, 4.69) is 53.5 Å². The van der Waals surface area contributed by atoms with Gasteiger partial charge in [0.2, 0.25) is 12.7 Å². The van der Waals surface area contributed by atoms with Crippen LogP contribution in [-0.4, -0.2) is 16.8 Å². The topological polar surface area (TPSA) is 68.3 Å². The van der Waals surface area contributed by atoms with Crippen LogP contribution in [0, 0.1) is 27.7 Å². The summed E-state index contributed by atoms with van der Waals surface area (Å²) in [6.45, 7) is 9.17. The molecule has 2 aromatic carbocycles. The van der Waals surface area contributed by atoms with Gasteiger partial charge in [0.05, 0.1) is 0 Å². The van der Waals surface area contributed by atoms with Gasteiger partial charge in [-0.25, -0.2) is 4.98 Å². The van der Waals surface area contributed by atoms with E-state index in [1.807, 2.05) is 31.2 Å². The van der Waals surface area contributed by atoms with Gasteiger partial charge in [-0.2, -0.15) is 4.98 Å². The largest absolute Gasteiger partial charge is 0.454 e. The minimum Gasteiger partial charge on any atom is -0.454 e. The molecule has 1 aliphatic rings. The van der Waals surface area contributed by atoms with Crippen molar-refractivity contribution in [1.29, 1.82) is 0 Å². The molecule has 6 nitrogen and oxygen atoms in total. The van der Waals surface area contributed by atoms with E-state index in [-0.39, 0.29) is 6.79 Å².